The number of hydrogen-bond donors (Lipinski definition) is 1. The van der Waals surface area contributed by atoms with Crippen molar-refractivity contribution in [3.05, 3.63) is 56.2 Å². The van der Waals surface area contributed by atoms with E-state index in [1.165, 1.54) is 0 Å². The standard InChI is InChI=1S/C13H13ClOS/c1-8-3-4-10(14)7-12(8)13(15)11-5-6-16-9(11)2/h3-7,13,15H,1-2H3. The molecule has 0 saturated heterocycles. The lowest BCUT2D eigenvalue weighted by atomic mass is 9.98. The van der Waals surface area contributed by atoms with Gasteiger partial charge in [-0.2, -0.15) is 0 Å². The lowest BCUT2D eigenvalue weighted by Gasteiger charge is -2.14. The van der Waals surface area contributed by atoms with Crippen molar-refractivity contribution >= 4 is 22.9 Å². The number of aliphatic hydroxyl groups excluding tert-OH is 1. The molecule has 1 atom stereocenters. The molecule has 1 aromatic carbocycles. The summed E-state index contributed by atoms with van der Waals surface area (Å²) in [5.74, 6) is 0. The molecular weight excluding hydrogens is 240 g/mol. The van der Waals surface area contributed by atoms with E-state index in [1.807, 2.05) is 43.5 Å². The van der Waals surface area contributed by atoms with Gasteiger partial charge < -0.3 is 5.11 Å². The third-order valence-corrected chi connectivity index (χ3v) is 3.83. The smallest absolute Gasteiger partial charge is 0.105 e. The summed E-state index contributed by atoms with van der Waals surface area (Å²) in [4.78, 5) is 1.15. The van der Waals surface area contributed by atoms with E-state index in [1.54, 1.807) is 11.3 Å². The summed E-state index contributed by atoms with van der Waals surface area (Å²) >= 11 is 7.60. The van der Waals surface area contributed by atoms with Gasteiger partial charge in [-0.05, 0) is 54.1 Å². The molecule has 1 N–H and O–H groups in total. The molecule has 0 bridgehead atoms. The van der Waals surface area contributed by atoms with E-state index in [2.05, 4.69) is 0 Å². The highest BCUT2D eigenvalue weighted by atomic mass is 35.5. The first-order chi connectivity index (χ1) is 7.59. The van der Waals surface area contributed by atoms with Crippen LogP contribution >= 0.6 is 22.9 Å². The normalized spacial score (nSPS) is 12.8. The van der Waals surface area contributed by atoms with Crippen LogP contribution in [0.1, 0.15) is 27.7 Å². The van der Waals surface area contributed by atoms with Crippen molar-refractivity contribution in [1.29, 1.82) is 0 Å². The summed E-state index contributed by atoms with van der Waals surface area (Å²) in [6.45, 7) is 4.00. The Balaban J connectivity index is 2.45. The van der Waals surface area contributed by atoms with Gasteiger partial charge >= 0.3 is 0 Å². The predicted octanol–water partition coefficient (Wildman–Crippen LogP) is 4.10. The maximum absolute atomic E-state index is 10.3. The molecule has 0 fully saturated rings. The fourth-order valence-electron chi connectivity index (χ4n) is 1.75. The second-order valence-electron chi connectivity index (χ2n) is 3.84. The van der Waals surface area contributed by atoms with Crippen molar-refractivity contribution in [2.75, 3.05) is 0 Å². The van der Waals surface area contributed by atoms with Gasteiger partial charge in [0.1, 0.15) is 6.10 Å². The number of aliphatic hydroxyl groups is 1. The Bertz CT molecular complexity index is 504. The van der Waals surface area contributed by atoms with Crippen molar-refractivity contribution in [3.63, 3.8) is 0 Å². The molecule has 3 heteroatoms. The Morgan fingerprint density at radius 1 is 1.19 bits per heavy atom. The van der Waals surface area contributed by atoms with Crippen LogP contribution in [0, 0.1) is 13.8 Å². The first kappa shape index (κ1) is 11.6. The molecule has 1 unspecified atom stereocenters. The average Bonchev–Trinajstić information content (AvgIpc) is 2.67. The minimum Gasteiger partial charge on any atom is -0.384 e. The highest BCUT2D eigenvalue weighted by Gasteiger charge is 2.15. The SMILES string of the molecule is Cc1ccc(Cl)cc1C(O)c1ccsc1C. The van der Waals surface area contributed by atoms with E-state index >= 15 is 0 Å². The highest BCUT2D eigenvalue weighted by Crippen LogP contribution is 2.31. The summed E-state index contributed by atoms with van der Waals surface area (Å²) in [7, 11) is 0. The predicted molar refractivity (Wildman–Crippen MR) is 69.3 cm³/mol. The van der Waals surface area contributed by atoms with E-state index < -0.39 is 6.10 Å². The van der Waals surface area contributed by atoms with Crippen LogP contribution in [0.2, 0.25) is 5.02 Å². The first-order valence-corrected chi connectivity index (χ1v) is 6.33. The fourth-order valence-corrected chi connectivity index (χ4v) is 2.67. The number of halogens is 1. The molecule has 16 heavy (non-hydrogen) atoms. The molecular formula is C13H13ClOS. The molecule has 0 aliphatic heterocycles. The third-order valence-electron chi connectivity index (χ3n) is 2.73. The van der Waals surface area contributed by atoms with Crippen LogP contribution in [0.4, 0.5) is 0 Å². The molecule has 1 heterocycles. The maximum Gasteiger partial charge on any atom is 0.105 e. The van der Waals surface area contributed by atoms with Crippen molar-refractivity contribution in [1.82, 2.24) is 0 Å². The summed E-state index contributed by atoms with van der Waals surface area (Å²) < 4.78 is 0. The Hall–Kier alpha value is -0.830. The summed E-state index contributed by atoms with van der Waals surface area (Å²) in [5, 5.41) is 13.0. The molecule has 0 amide bonds. The Kier molecular flexibility index (Phi) is 3.33. The van der Waals surface area contributed by atoms with E-state index in [4.69, 9.17) is 11.6 Å². The molecule has 0 radical (unpaired) electrons. The maximum atomic E-state index is 10.3. The van der Waals surface area contributed by atoms with Crippen LogP contribution < -0.4 is 0 Å². The zero-order valence-electron chi connectivity index (χ0n) is 9.20. The third kappa shape index (κ3) is 2.14. The lowest BCUT2D eigenvalue weighted by Crippen LogP contribution is -2.02. The molecule has 2 rings (SSSR count). The number of aryl methyl sites for hydroxylation is 2. The van der Waals surface area contributed by atoms with Gasteiger partial charge in [-0.3, -0.25) is 0 Å². The Morgan fingerprint density at radius 2 is 1.94 bits per heavy atom. The second kappa shape index (κ2) is 4.58. The minimum absolute atomic E-state index is 0.579. The molecule has 0 aliphatic carbocycles. The monoisotopic (exact) mass is 252 g/mol. The van der Waals surface area contributed by atoms with Crippen molar-refractivity contribution < 1.29 is 5.11 Å². The summed E-state index contributed by atoms with van der Waals surface area (Å²) in [6.07, 6.45) is -0.579. The van der Waals surface area contributed by atoms with Crippen molar-refractivity contribution in [3.8, 4) is 0 Å². The van der Waals surface area contributed by atoms with Gasteiger partial charge in [0.05, 0.1) is 0 Å². The average molecular weight is 253 g/mol. The van der Waals surface area contributed by atoms with Gasteiger partial charge in [0.25, 0.3) is 0 Å². The van der Waals surface area contributed by atoms with Crippen molar-refractivity contribution in [2.45, 2.75) is 20.0 Å². The van der Waals surface area contributed by atoms with Gasteiger partial charge in [0.2, 0.25) is 0 Å². The van der Waals surface area contributed by atoms with Crippen LogP contribution in [-0.2, 0) is 0 Å². The molecule has 2 aromatic rings. The second-order valence-corrected chi connectivity index (χ2v) is 5.39. The zero-order valence-corrected chi connectivity index (χ0v) is 10.8. The summed E-state index contributed by atoms with van der Waals surface area (Å²) in [6, 6.07) is 7.57. The Labute approximate surface area is 104 Å². The molecule has 1 aromatic heterocycles. The molecule has 0 spiro atoms. The van der Waals surface area contributed by atoms with Gasteiger partial charge in [0.15, 0.2) is 0 Å². The van der Waals surface area contributed by atoms with Crippen LogP contribution in [0.5, 0.6) is 0 Å². The highest BCUT2D eigenvalue weighted by molar-refractivity contribution is 7.10. The Morgan fingerprint density at radius 3 is 2.56 bits per heavy atom. The lowest BCUT2D eigenvalue weighted by molar-refractivity contribution is 0.219. The van der Waals surface area contributed by atoms with E-state index in [0.29, 0.717) is 5.02 Å². The molecule has 0 saturated carbocycles. The van der Waals surface area contributed by atoms with Crippen LogP contribution in [0.25, 0.3) is 0 Å². The van der Waals surface area contributed by atoms with E-state index in [-0.39, 0.29) is 0 Å². The summed E-state index contributed by atoms with van der Waals surface area (Å²) in [5.41, 5.74) is 2.91. The molecule has 84 valence electrons. The molecule has 1 nitrogen and oxygen atoms in total. The topological polar surface area (TPSA) is 20.2 Å². The number of benzene rings is 1. The van der Waals surface area contributed by atoms with E-state index in [0.717, 1.165) is 21.6 Å². The van der Waals surface area contributed by atoms with Gasteiger partial charge in [-0.15, -0.1) is 11.3 Å². The quantitative estimate of drug-likeness (QED) is 0.853. The van der Waals surface area contributed by atoms with Crippen LogP contribution in [0.15, 0.2) is 29.6 Å². The van der Waals surface area contributed by atoms with E-state index in [9.17, 15) is 5.11 Å². The fraction of sp³-hybridized carbons (Fsp3) is 0.231. The first-order valence-electron chi connectivity index (χ1n) is 5.07. The largest absolute Gasteiger partial charge is 0.384 e. The van der Waals surface area contributed by atoms with Crippen LogP contribution in [0.3, 0.4) is 0 Å². The van der Waals surface area contributed by atoms with Gasteiger partial charge in [0, 0.05) is 9.90 Å². The van der Waals surface area contributed by atoms with Crippen LogP contribution in [-0.4, -0.2) is 5.11 Å². The van der Waals surface area contributed by atoms with Gasteiger partial charge in [-0.1, -0.05) is 17.7 Å². The minimum atomic E-state index is -0.579. The number of rotatable bonds is 2. The number of hydrogen-bond acceptors (Lipinski definition) is 2. The van der Waals surface area contributed by atoms with Gasteiger partial charge in [-0.25, -0.2) is 0 Å². The zero-order chi connectivity index (χ0) is 11.7. The number of thiophene rings is 1. The molecule has 0 aliphatic rings. The van der Waals surface area contributed by atoms with Crippen molar-refractivity contribution in [2.24, 2.45) is 0 Å².